The number of aliphatic carboxylic acids is 1. The highest BCUT2D eigenvalue weighted by Crippen LogP contribution is 2.18. The van der Waals surface area contributed by atoms with Crippen molar-refractivity contribution in [3.05, 3.63) is 0 Å². The molecule has 0 radical (unpaired) electrons. The van der Waals surface area contributed by atoms with Crippen LogP contribution >= 0.6 is 24.8 Å². The van der Waals surface area contributed by atoms with Gasteiger partial charge < -0.3 is 10.4 Å². The van der Waals surface area contributed by atoms with Crippen LogP contribution in [-0.2, 0) is 4.79 Å². The Balaban J connectivity index is 0. The van der Waals surface area contributed by atoms with Crippen molar-refractivity contribution in [2.24, 2.45) is 5.92 Å². The molecule has 0 aromatic rings. The standard InChI is InChI=1S/C13H25NO2.2ClH/c1-2-3-6-11(13(15)16)9-10-14-12-7-4-5-8-12;;/h11-12,14H,2-10H2,1H3,(H,15,16);2*1H. The van der Waals surface area contributed by atoms with Crippen LogP contribution in [0.3, 0.4) is 0 Å². The Morgan fingerprint density at radius 1 is 1.28 bits per heavy atom. The van der Waals surface area contributed by atoms with Crippen molar-refractivity contribution >= 4 is 30.8 Å². The largest absolute Gasteiger partial charge is 0.481 e. The van der Waals surface area contributed by atoms with Crippen LogP contribution in [0.4, 0.5) is 0 Å². The zero-order valence-electron chi connectivity index (χ0n) is 11.2. The number of unbranched alkanes of at least 4 members (excludes halogenated alkanes) is 1. The van der Waals surface area contributed by atoms with E-state index in [-0.39, 0.29) is 30.7 Å². The smallest absolute Gasteiger partial charge is 0.306 e. The highest BCUT2D eigenvalue weighted by molar-refractivity contribution is 5.85. The van der Waals surface area contributed by atoms with Crippen molar-refractivity contribution in [3.8, 4) is 0 Å². The highest BCUT2D eigenvalue weighted by atomic mass is 35.5. The number of halogens is 2. The molecule has 110 valence electrons. The molecule has 1 aliphatic rings. The first-order valence-electron chi connectivity index (χ1n) is 6.70. The van der Waals surface area contributed by atoms with Gasteiger partial charge >= 0.3 is 5.97 Å². The predicted molar refractivity (Wildman–Crippen MR) is 80.0 cm³/mol. The molecule has 1 saturated carbocycles. The van der Waals surface area contributed by atoms with Gasteiger partial charge in [-0.25, -0.2) is 0 Å². The van der Waals surface area contributed by atoms with Crippen molar-refractivity contribution in [3.63, 3.8) is 0 Å². The van der Waals surface area contributed by atoms with Crippen LogP contribution in [-0.4, -0.2) is 23.7 Å². The summed E-state index contributed by atoms with van der Waals surface area (Å²) in [5.41, 5.74) is 0. The second kappa shape index (κ2) is 12.1. The fourth-order valence-electron chi connectivity index (χ4n) is 2.43. The van der Waals surface area contributed by atoms with Gasteiger partial charge in [0.15, 0.2) is 0 Å². The Bertz CT molecular complexity index is 209. The normalized spacial score (nSPS) is 16.7. The maximum atomic E-state index is 11.0. The topological polar surface area (TPSA) is 49.3 Å². The van der Waals surface area contributed by atoms with Crippen LogP contribution < -0.4 is 5.32 Å². The summed E-state index contributed by atoms with van der Waals surface area (Å²) < 4.78 is 0. The highest BCUT2D eigenvalue weighted by Gasteiger charge is 2.18. The summed E-state index contributed by atoms with van der Waals surface area (Å²) in [5, 5.41) is 12.5. The minimum absolute atomic E-state index is 0. The van der Waals surface area contributed by atoms with Gasteiger partial charge in [-0.1, -0.05) is 32.6 Å². The Morgan fingerprint density at radius 3 is 2.39 bits per heavy atom. The maximum Gasteiger partial charge on any atom is 0.306 e. The molecule has 0 aromatic carbocycles. The quantitative estimate of drug-likeness (QED) is 0.719. The van der Waals surface area contributed by atoms with Gasteiger partial charge in [0.1, 0.15) is 0 Å². The van der Waals surface area contributed by atoms with Gasteiger partial charge in [-0.2, -0.15) is 0 Å². The van der Waals surface area contributed by atoms with E-state index in [1.54, 1.807) is 0 Å². The Hall–Kier alpha value is 0.01000. The van der Waals surface area contributed by atoms with E-state index in [4.69, 9.17) is 5.11 Å². The molecule has 0 heterocycles. The second-order valence-corrected chi connectivity index (χ2v) is 4.90. The number of carboxylic acids is 1. The van der Waals surface area contributed by atoms with Crippen molar-refractivity contribution in [1.29, 1.82) is 0 Å². The molecule has 0 aliphatic heterocycles. The van der Waals surface area contributed by atoms with Crippen molar-refractivity contribution < 1.29 is 9.90 Å². The molecule has 0 aromatic heterocycles. The van der Waals surface area contributed by atoms with Gasteiger partial charge in [-0.05, 0) is 32.2 Å². The average molecular weight is 300 g/mol. The van der Waals surface area contributed by atoms with Crippen LogP contribution in [0, 0.1) is 5.92 Å². The molecule has 1 aliphatic carbocycles. The lowest BCUT2D eigenvalue weighted by molar-refractivity contribution is -0.142. The molecule has 1 rings (SSSR count). The lowest BCUT2D eigenvalue weighted by Crippen LogP contribution is -2.29. The van der Waals surface area contributed by atoms with E-state index in [1.165, 1.54) is 25.7 Å². The van der Waals surface area contributed by atoms with Crippen LogP contribution in [0.2, 0.25) is 0 Å². The summed E-state index contributed by atoms with van der Waals surface area (Å²) in [5.74, 6) is -0.768. The summed E-state index contributed by atoms with van der Waals surface area (Å²) in [6, 6.07) is 0.653. The molecule has 1 atom stereocenters. The minimum Gasteiger partial charge on any atom is -0.481 e. The Morgan fingerprint density at radius 2 is 1.89 bits per heavy atom. The van der Waals surface area contributed by atoms with E-state index in [0.717, 1.165) is 32.2 Å². The molecular weight excluding hydrogens is 273 g/mol. The Labute approximate surface area is 123 Å². The van der Waals surface area contributed by atoms with Gasteiger partial charge in [-0.3, -0.25) is 4.79 Å². The third kappa shape index (κ3) is 8.17. The molecule has 0 amide bonds. The third-order valence-corrected chi connectivity index (χ3v) is 3.54. The maximum absolute atomic E-state index is 11.0. The molecule has 1 unspecified atom stereocenters. The second-order valence-electron chi connectivity index (χ2n) is 4.90. The van der Waals surface area contributed by atoms with E-state index >= 15 is 0 Å². The van der Waals surface area contributed by atoms with Gasteiger partial charge in [0, 0.05) is 6.04 Å². The Kier molecular flexibility index (Phi) is 13.6. The fourth-order valence-corrected chi connectivity index (χ4v) is 2.43. The molecule has 5 heteroatoms. The first-order valence-corrected chi connectivity index (χ1v) is 6.70. The lowest BCUT2D eigenvalue weighted by atomic mass is 9.98. The van der Waals surface area contributed by atoms with Gasteiger partial charge in [-0.15, -0.1) is 24.8 Å². The van der Waals surface area contributed by atoms with E-state index in [1.807, 2.05) is 0 Å². The number of hydrogen-bond acceptors (Lipinski definition) is 2. The van der Waals surface area contributed by atoms with Crippen molar-refractivity contribution in [2.75, 3.05) is 6.54 Å². The molecule has 0 saturated heterocycles. The van der Waals surface area contributed by atoms with E-state index in [9.17, 15) is 4.79 Å². The first kappa shape index (κ1) is 20.3. The zero-order valence-corrected chi connectivity index (χ0v) is 12.8. The predicted octanol–water partition coefficient (Wildman–Crippen LogP) is 3.64. The summed E-state index contributed by atoms with van der Waals surface area (Å²) >= 11 is 0. The van der Waals surface area contributed by atoms with Crippen LogP contribution in [0.1, 0.15) is 58.3 Å². The monoisotopic (exact) mass is 299 g/mol. The molecule has 0 bridgehead atoms. The molecule has 3 nitrogen and oxygen atoms in total. The first-order chi connectivity index (χ1) is 7.74. The van der Waals surface area contributed by atoms with Gasteiger partial charge in [0.2, 0.25) is 0 Å². The summed E-state index contributed by atoms with van der Waals surface area (Å²) in [4.78, 5) is 11.0. The number of rotatable bonds is 8. The zero-order chi connectivity index (χ0) is 11.8. The molecule has 1 fully saturated rings. The van der Waals surface area contributed by atoms with Crippen LogP contribution in [0.15, 0.2) is 0 Å². The number of carbonyl (C=O) groups is 1. The molecule has 18 heavy (non-hydrogen) atoms. The van der Waals surface area contributed by atoms with Gasteiger partial charge in [0.05, 0.1) is 5.92 Å². The number of nitrogens with one attached hydrogen (secondary N) is 1. The number of carboxylic acid groups (broad SMARTS) is 1. The SMILES string of the molecule is CCCCC(CCNC1CCCC1)C(=O)O.Cl.Cl. The fraction of sp³-hybridized carbons (Fsp3) is 0.923. The van der Waals surface area contributed by atoms with Crippen LogP contribution in [0.25, 0.3) is 0 Å². The summed E-state index contributed by atoms with van der Waals surface area (Å²) in [6.07, 6.45) is 8.93. The van der Waals surface area contributed by atoms with E-state index < -0.39 is 5.97 Å². The van der Waals surface area contributed by atoms with E-state index in [2.05, 4.69) is 12.2 Å². The average Bonchev–Trinajstić information content (AvgIpc) is 2.75. The summed E-state index contributed by atoms with van der Waals surface area (Å²) in [7, 11) is 0. The number of hydrogen-bond donors (Lipinski definition) is 2. The van der Waals surface area contributed by atoms with Gasteiger partial charge in [0.25, 0.3) is 0 Å². The molecule has 2 N–H and O–H groups in total. The molecular formula is C13H27Cl2NO2. The van der Waals surface area contributed by atoms with Crippen molar-refractivity contribution in [2.45, 2.75) is 64.3 Å². The summed E-state index contributed by atoms with van der Waals surface area (Å²) in [6.45, 7) is 2.97. The van der Waals surface area contributed by atoms with E-state index in [0.29, 0.717) is 6.04 Å². The lowest BCUT2D eigenvalue weighted by Gasteiger charge is -2.15. The third-order valence-electron chi connectivity index (χ3n) is 3.54. The minimum atomic E-state index is -0.623. The van der Waals surface area contributed by atoms with Crippen molar-refractivity contribution in [1.82, 2.24) is 5.32 Å². The van der Waals surface area contributed by atoms with Crippen LogP contribution in [0.5, 0.6) is 0 Å². The molecule has 0 spiro atoms.